The van der Waals surface area contributed by atoms with Crippen molar-refractivity contribution in [3.8, 4) is 0 Å². The van der Waals surface area contributed by atoms with Gasteiger partial charge in [0.05, 0.1) is 23.8 Å². The van der Waals surface area contributed by atoms with Crippen LogP contribution in [0, 0.1) is 5.82 Å². The van der Waals surface area contributed by atoms with Crippen LogP contribution in [0.2, 0.25) is 0 Å². The zero-order chi connectivity index (χ0) is 19.5. The molecule has 0 saturated carbocycles. The third kappa shape index (κ3) is 4.10. The third-order valence-corrected chi connectivity index (χ3v) is 5.66. The minimum atomic E-state index is -0.326. The fraction of sp³-hybridized carbons (Fsp3) is 0.238. The van der Waals surface area contributed by atoms with Gasteiger partial charge in [0.1, 0.15) is 5.82 Å². The van der Waals surface area contributed by atoms with E-state index >= 15 is 0 Å². The van der Waals surface area contributed by atoms with E-state index in [-0.39, 0.29) is 11.7 Å². The molecule has 0 atom stereocenters. The van der Waals surface area contributed by atoms with Gasteiger partial charge in [-0.15, -0.1) is 0 Å². The van der Waals surface area contributed by atoms with E-state index in [2.05, 4.69) is 9.89 Å². The Bertz CT molecular complexity index is 937. The molecule has 2 heterocycles. The topological polar surface area (TPSA) is 45.1 Å². The van der Waals surface area contributed by atoms with Crippen LogP contribution in [0.5, 0.6) is 0 Å². The molecule has 144 valence electrons. The van der Waals surface area contributed by atoms with E-state index in [0.717, 1.165) is 37.7 Å². The molecule has 0 radical (unpaired) electrons. The van der Waals surface area contributed by atoms with Gasteiger partial charge in [-0.25, -0.2) is 9.38 Å². The van der Waals surface area contributed by atoms with Crippen molar-refractivity contribution in [2.45, 2.75) is 0 Å². The summed E-state index contributed by atoms with van der Waals surface area (Å²) in [5.41, 5.74) is 2.58. The summed E-state index contributed by atoms with van der Waals surface area (Å²) in [7, 11) is 1.70. The molecule has 2 aliphatic rings. The molecule has 0 N–H and O–H groups in total. The number of benzene rings is 2. The molecule has 7 heteroatoms. The number of carbonyl (C=O) groups excluding carboxylic acids is 1. The van der Waals surface area contributed by atoms with E-state index < -0.39 is 0 Å². The van der Waals surface area contributed by atoms with Crippen LogP contribution in [0.15, 0.2) is 58.4 Å². The quantitative estimate of drug-likeness (QED) is 0.737. The molecule has 2 aromatic rings. The molecule has 0 aliphatic carbocycles. The summed E-state index contributed by atoms with van der Waals surface area (Å²) in [4.78, 5) is 21.4. The summed E-state index contributed by atoms with van der Waals surface area (Å²) in [6.07, 6.45) is 1.69. The van der Waals surface area contributed by atoms with E-state index in [1.54, 1.807) is 25.3 Å². The van der Waals surface area contributed by atoms with Crippen LogP contribution in [0.3, 0.4) is 0 Å². The maximum absolute atomic E-state index is 13.4. The molecule has 0 spiro atoms. The Morgan fingerprint density at radius 3 is 2.61 bits per heavy atom. The Hall–Kier alpha value is -2.64. The number of ether oxygens (including phenoxy) is 1. The average molecular weight is 397 g/mol. The molecule has 1 amide bonds. The number of amides is 1. The number of aliphatic imine (C=N–C) groups is 1. The summed E-state index contributed by atoms with van der Waals surface area (Å²) >= 11 is 1.29. The number of amidine groups is 1. The number of anilines is 1. The van der Waals surface area contributed by atoms with Crippen molar-refractivity contribution in [1.29, 1.82) is 0 Å². The molecule has 0 unspecified atom stereocenters. The molecule has 0 aromatic heterocycles. The molecule has 2 aromatic carbocycles. The van der Waals surface area contributed by atoms with E-state index in [1.165, 1.54) is 28.8 Å². The summed E-state index contributed by atoms with van der Waals surface area (Å²) in [6.45, 7) is 3.26. The van der Waals surface area contributed by atoms with Crippen molar-refractivity contribution >= 4 is 40.3 Å². The molecule has 4 rings (SSSR count). The normalized spacial score (nSPS) is 20.4. The van der Waals surface area contributed by atoms with Gasteiger partial charge in [0, 0.05) is 25.8 Å². The average Bonchev–Trinajstić information content (AvgIpc) is 2.97. The highest BCUT2D eigenvalue weighted by atomic mass is 32.2. The van der Waals surface area contributed by atoms with Gasteiger partial charge in [0.2, 0.25) is 0 Å². The molecule has 5 nitrogen and oxygen atoms in total. The number of morpholine rings is 1. The molecule has 28 heavy (non-hydrogen) atoms. The summed E-state index contributed by atoms with van der Waals surface area (Å²) in [6, 6.07) is 14.1. The van der Waals surface area contributed by atoms with Gasteiger partial charge in [-0.1, -0.05) is 12.1 Å². The highest BCUT2D eigenvalue weighted by Crippen LogP contribution is 2.33. The minimum Gasteiger partial charge on any atom is -0.378 e. The first-order chi connectivity index (χ1) is 13.6. The van der Waals surface area contributed by atoms with Crippen molar-refractivity contribution < 1.29 is 13.9 Å². The SMILES string of the molecule is CN1C(=O)/C(=C/c2cccc(F)c2)SC1=Nc1ccc(N2CCOCC2)cc1. The zero-order valence-corrected chi connectivity index (χ0v) is 16.3. The maximum Gasteiger partial charge on any atom is 0.266 e. The van der Waals surface area contributed by atoms with Crippen molar-refractivity contribution in [1.82, 2.24) is 4.90 Å². The van der Waals surface area contributed by atoms with E-state index in [1.807, 2.05) is 24.3 Å². The number of thioether (sulfide) groups is 1. The predicted octanol–water partition coefficient (Wildman–Crippen LogP) is 3.90. The lowest BCUT2D eigenvalue weighted by Gasteiger charge is -2.28. The predicted molar refractivity (Wildman–Crippen MR) is 111 cm³/mol. The molecule has 2 fully saturated rings. The maximum atomic E-state index is 13.4. The Morgan fingerprint density at radius 1 is 1.14 bits per heavy atom. The number of carbonyl (C=O) groups is 1. The van der Waals surface area contributed by atoms with Crippen molar-refractivity contribution in [2.24, 2.45) is 4.99 Å². The van der Waals surface area contributed by atoms with Crippen LogP contribution in [0.25, 0.3) is 6.08 Å². The first-order valence-electron chi connectivity index (χ1n) is 9.05. The molecule has 0 bridgehead atoms. The van der Waals surface area contributed by atoms with Gasteiger partial charge in [0.25, 0.3) is 5.91 Å². The number of likely N-dealkylation sites (N-methyl/N-ethyl adjacent to an activating group) is 1. The third-order valence-electron chi connectivity index (χ3n) is 4.60. The first kappa shape index (κ1) is 18.7. The Morgan fingerprint density at radius 2 is 1.89 bits per heavy atom. The van der Waals surface area contributed by atoms with Gasteiger partial charge in [0.15, 0.2) is 5.17 Å². The number of halogens is 1. The lowest BCUT2D eigenvalue weighted by Crippen LogP contribution is -2.36. The van der Waals surface area contributed by atoms with Crippen LogP contribution in [-0.4, -0.2) is 49.3 Å². The van der Waals surface area contributed by atoms with Gasteiger partial charge < -0.3 is 9.64 Å². The lowest BCUT2D eigenvalue weighted by molar-refractivity contribution is -0.121. The molecular formula is C21H20FN3O2S. The van der Waals surface area contributed by atoms with Gasteiger partial charge in [-0.05, 0) is 59.8 Å². The zero-order valence-electron chi connectivity index (χ0n) is 15.5. The van der Waals surface area contributed by atoms with E-state index in [4.69, 9.17) is 4.74 Å². The second kappa shape index (κ2) is 8.16. The lowest BCUT2D eigenvalue weighted by atomic mass is 10.2. The fourth-order valence-electron chi connectivity index (χ4n) is 3.07. The number of hydrogen-bond donors (Lipinski definition) is 0. The summed E-state index contributed by atoms with van der Waals surface area (Å²) < 4.78 is 18.8. The van der Waals surface area contributed by atoms with Crippen molar-refractivity contribution in [2.75, 3.05) is 38.3 Å². The second-order valence-electron chi connectivity index (χ2n) is 6.54. The Balaban J connectivity index is 1.52. The van der Waals surface area contributed by atoms with Crippen LogP contribution in [0.1, 0.15) is 5.56 Å². The number of nitrogens with zero attached hydrogens (tertiary/aromatic N) is 3. The number of rotatable bonds is 3. The smallest absolute Gasteiger partial charge is 0.266 e. The largest absolute Gasteiger partial charge is 0.378 e. The monoisotopic (exact) mass is 397 g/mol. The van der Waals surface area contributed by atoms with Gasteiger partial charge in [-0.2, -0.15) is 0 Å². The van der Waals surface area contributed by atoms with Crippen LogP contribution in [0.4, 0.5) is 15.8 Å². The first-order valence-corrected chi connectivity index (χ1v) is 9.86. The molecular weight excluding hydrogens is 377 g/mol. The fourth-order valence-corrected chi connectivity index (χ4v) is 4.06. The van der Waals surface area contributed by atoms with Gasteiger partial charge in [-0.3, -0.25) is 9.69 Å². The van der Waals surface area contributed by atoms with Crippen LogP contribution in [-0.2, 0) is 9.53 Å². The molecule has 2 saturated heterocycles. The standard InChI is InChI=1S/C21H20FN3O2S/c1-24-20(26)19(14-15-3-2-4-16(22)13-15)28-21(24)23-17-5-7-18(8-6-17)25-9-11-27-12-10-25/h2-8,13-14H,9-12H2,1H3/b19-14-,23-21?. The highest BCUT2D eigenvalue weighted by molar-refractivity contribution is 8.18. The van der Waals surface area contributed by atoms with Crippen LogP contribution < -0.4 is 4.90 Å². The highest BCUT2D eigenvalue weighted by Gasteiger charge is 2.30. The summed E-state index contributed by atoms with van der Waals surface area (Å²) in [5, 5.41) is 0.603. The van der Waals surface area contributed by atoms with E-state index in [0.29, 0.717) is 15.6 Å². The van der Waals surface area contributed by atoms with Crippen molar-refractivity contribution in [3.63, 3.8) is 0 Å². The number of hydrogen-bond acceptors (Lipinski definition) is 5. The van der Waals surface area contributed by atoms with Gasteiger partial charge >= 0.3 is 0 Å². The van der Waals surface area contributed by atoms with Crippen LogP contribution >= 0.6 is 11.8 Å². The Labute approximate surface area is 167 Å². The Kier molecular flexibility index (Phi) is 5.45. The minimum absolute atomic E-state index is 0.141. The van der Waals surface area contributed by atoms with Crippen molar-refractivity contribution in [3.05, 3.63) is 64.8 Å². The second-order valence-corrected chi connectivity index (χ2v) is 7.55. The molecule has 2 aliphatic heterocycles. The van der Waals surface area contributed by atoms with E-state index in [9.17, 15) is 9.18 Å². The summed E-state index contributed by atoms with van der Waals surface area (Å²) in [5.74, 6) is -0.467.